The Labute approximate surface area is 125 Å². The Bertz CT molecular complexity index is 645. The van der Waals surface area contributed by atoms with Crippen molar-refractivity contribution in [3.8, 4) is 5.75 Å². The molecule has 0 N–H and O–H groups in total. The van der Waals surface area contributed by atoms with Gasteiger partial charge in [-0.25, -0.2) is 4.98 Å². The fourth-order valence-corrected chi connectivity index (χ4v) is 2.53. The molecule has 0 radical (unpaired) electrons. The lowest BCUT2D eigenvalue weighted by Crippen LogP contribution is -2.33. The van der Waals surface area contributed by atoms with Crippen molar-refractivity contribution in [2.45, 2.75) is 6.54 Å². The number of carbonyl (C=O) groups excluding carboxylic acids is 1. The molecule has 0 saturated carbocycles. The molecule has 0 bridgehead atoms. The van der Waals surface area contributed by atoms with E-state index in [1.807, 2.05) is 30.3 Å². The number of ether oxygens (including phenoxy) is 1. The van der Waals surface area contributed by atoms with E-state index in [0.29, 0.717) is 30.0 Å². The summed E-state index contributed by atoms with van der Waals surface area (Å²) in [5.74, 6) is 0.775. The lowest BCUT2D eigenvalue weighted by Gasteiger charge is -2.19. The van der Waals surface area contributed by atoms with Crippen LogP contribution in [0.1, 0.15) is 16.1 Å². The summed E-state index contributed by atoms with van der Waals surface area (Å²) < 4.78 is 6.33. The van der Waals surface area contributed by atoms with E-state index < -0.39 is 0 Å². The number of pyridine rings is 1. The van der Waals surface area contributed by atoms with Gasteiger partial charge in [-0.1, -0.05) is 24.3 Å². The minimum atomic E-state index is -0.0772. The molecule has 1 amide bonds. The van der Waals surface area contributed by atoms with Crippen molar-refractivity contribution < 1.29 is 9.53 Å². The van der Waals surface area contributed by atoms with Gasteiger partial charge >= 0.3 is 0 Å². The lowest BCUT2D eigenvalue weighted by molar-refractivity contribution is 0.0727. The maximum absolute atomic E-state index is 12.5. The number of hydrogen-bond donors (Lipinski definition) is 0. The van der Waals surface area contributed by atoms with Crippen LogP contribution in [0.15, 0.2) is 47.1 Å². The number of halogens is 1. The Morgan fingerprint density at radius 1 is 1.20 bits per heavy atom. The number of carbonyl (C=O) groups is 1. The fraction of sp³-hybridized carbons (Fsp3) is 0.200. The smallest absolute Gasteiger partial charge is 0.272 e. The van der Waals surface area contributed by atoms with Crippen molar-refractivity contribution >= 4 is 21.8 Å². The third kappa shape index (κ3) is 2.67. The maximum Gasteiger partial charge on any atom is 0.272 e. The van der Waals surface area contributed by atoms with E-state index in [-0.39, 0.29) is 5.91 Å². The molecule has 1 aromatic carbocycles. The second-order valence-electron chi connectivity index (χ2n) is 4.53. The summed E-state index contributed by atoms with van der Waals surface area (Å²) in [5, 5.41) is 0. The van der Waals surface area contributed by atoms with Gasteiger partial charge in [-0.05, 0) is 34.1 Å². The second-order valence-corrected chi connectivity index (χ2v) is 5.34. The average Bonchev–Trinajstić information content (AvgIpc) is 2.68. The Balaban J connectivity index is 1.86. The van der Waals surface area contributed by atoms with Gasteiger partial charge in [0.15, 0.2) is 0 Å². The summed E-state index contributed by atoms with van der Waals surface area (Å²) in [4.78, 5) is 18.5. The van der Waals surface area contributed by atoms with Crippen molar-refractivity contribution in [1.29, 1.82) is 0 Å². The van der Waals surface area contributed by atoms with Crippen LogP contribution >= 0.6 is 15.9 Å². The van der Waals surface area contributed by atoms with Gasteiger partial charge in [-0.15, -0.1) is 0 Å². The zero-order chi connectivity index (χ0) is 13.9. The molecular formula is C15H13BrN2O2. The number of benzene rings is 1. The maximum atomic E-state index is 12.5. The molecule has 5 heteroatoms. The van der Waals surface area contributed by atoms with Crippen molar-refractivity contribution in [3.63, 3.8) is 0 Å². The van der Waals surface area contributed by atoms with E-state index in [4.69, 9.17) is 4.74 Å². The molecule has 102 valence electrons. The summed E-state index contributed by atoms with van der Waals surface area (Å²) in [6.07, 6.45) is 0. The third-order valence-electron chi connectivity index (χ3n) is 3.17. The Kier molecular flexibility index (Phi) is 3.69. The molecule has 0 aliphatic carbocycles. The predicted octanol–water partition coefficient (Wildman–Crippen LogP) is 2.88. The van der Waals surface area contributed by atoms with E-state index >= 15 is 0 Å². The summed E-state index contributed by atoms with van der Waals surface area (Å²) in [5.41, 5.74) is 1.46. The van der Waals surface area contributed by atoms with Crippen LogP contribution in [-0.4, -0.2) is 28.9 Å². The highest BCUT2D eigenvalue weighted by Crippen LogP contribution is 2.23. The summed E-state index contributed by atoms with van der Waals surface area (Å²) in [7, 11) is 0. The van der Waals surface area contributed by atoms with Gasteiger partial charge in [0.1, 0.15) is 22.7 Å². The topological polar surface area (TPSA) is 42.4 Å². The Morgan fingerprint density at radius 2 is 2.05 bits per heavy atom. The van der Waals surface area contributed by atoms with Crippen LogP contribution in [0.4, 0.5) is 0 Å². The monoisotopic (exact) mass is 332 g/mol. The van der Waals surface area contributed by atoms with Gasteiger partial charge in [0.2, 0.25) is 0 Å². The molecule has 1 aromatic heterocycles. The van der Waals surface area contributed by atoms with Crippen LogP contribution in [0, 0.1) is 0 Å². The first-order valence-electron chi connectivity index (χ1n) is 6.36. The van der Waals surface area contributed by atoms with E-state index in [2.05, 4.69) is 20.9 Å². The van der Waals surface area contributed by atoms with Crippen LogP contribution in [0.5, 0.6) is 5.75 Å². The van der Waals surface area contributed by atoms with Crippen molar-refractivity contribution in [2.24, 2.45) is 0 Å². The van der Waals surface area contributed by atoms with Crippen LogP contribution < -0.4 is 4.74 Å². The molecule has 20 heavy (non-hydrogen) atoms. The summed E-state index contributed by atoms with van der Waals surface area (Å²) in [6, 6.07) is 13.1. The highest BCUT2D eigenvalue weighted by atomic mass is 79.9. The molecule has 0 saturated heterocycles. The minimum Gasteiger partial charge on any atom is -0.491 e. The molecular weight excluding hydrogens is 320 g/mol. The summed E-state index contributed by atoms with van der Waals surface area (Å²) in [6.45, 7) is 1.60. The molecule has 0 atom stereocenters. The first kappa shape index (κ1) is 13.1. The average molecular weight is 333 g/mol. The van der Waals surface area contributed by atoms with Crippen molar-refractivity contribution in [1.82, 2.24) is 9.88 Å². The highest BCUT2D eigenvalue weighted by molar-refractivity contribution is 9.10. The van der Waals surface area contributed by atoms with Crippen LogP contribution in [-0.2, 0) is 6.54 Å². The minimum absolute atomic E-state index is 0.0772. The molecule has 0 spiro atoms. The van der Waals surface area contributed by atoms with Gasteiger partial charge in [-0.3, -0.25) is 4.79 Å². The van der Waals surface area contributed by atoms with Crippen LogP contribution in [0.3, 0.4) is 0 Å². The third-order valence-corrected chi connectivity index (χ3v) is 3.62. The van der Waals surface area contributed by atoms with Crippen molar-refractivity contribution in [3.05, 3.63) is 58.3 Å². The molecule has 2 heterocycles. The molecule has 0 unspecified atom stereocenters. The molecule has 2 aromatic rings. The number of amides is 1. The Hall–Kier alpha value is -1.88. The zero-order valence-electron chi connectivity index (χ0n) is 10.8. The van der Waals surface area contributed by atoms with E-state index in [0.717, 1.165) is 11.3 Å². The van der Waals surface area contributed by atoms with Gasteiger partial charge in [-0.2, -0.15) is 0 Å². The predicted molar refractivity (Wildman–Crippen MR) is 78.6 cm³/mol. The van der Waals surface area contributed by atoms with Crippen LogP contribution in [0.2, 0.25) is 0 Å². The van der Waals surface area contributed by atoms with Gasteiger partial charge in [0.05, 0.1) is 6.54 Å². The first-order chi connectivity index (χ1) is 9.74. The number of para-hydroxylation sites is 1. The Morgan fingerprint density at radius 3 is 2.90 bits per heavy atom. The first-order valence-corrected chi connectivity index (χ1v) is 7.16. The molecule has 4 nitrogen and oxygen atoms in total. The second kappa shape index (κ2) is 5.63. The zero-order valence-corrected chi connectivity index (χ0v) is 12.3. The number of rotatable bonds is 1. The number of nitrogens with zero attached hydrogens (tertiary/aromatic N) is 2. The fourth-order valence-electron chi connectivity index (χ4n) is 2.19. The van der Waals surface area contributed by atoms with Crippen LogP contribution in [0.25, 0.3) is 0 Å². The molecule has 1 aliphatic rings. The lowest BCUT2D eigenvalue weighted by atomic mass is 10.2. The molecule has 3 rings (SSSR count). The normalized spacial score (nSPS) is 14.2. The molecule has 1 aliphatic heterocycles. The number of aromatic nitrogens is 1. The molecule has 0 fully saturated rings. The van der Waals surface area contributed by atoms with E-state index in [1.54, 1.807) is 17.0 Å². The summed E-state index contributed by atoms with van der Waals surface area (Å²) >= 11 is 3.29. The van der Waals surface area contributed by atoms with Crippen molar-refractivity contribution in [2.75, 3.05) is 13.2 Å². The van der Waals surface area contributed by atoms with Gasteiger partial charge in [0, 0.05) is 12.1 Å². The largest absolute Gasteiger partial charge is 0.491 e. The number of fused-ring (bicyclic) bond motifs is 1. The van der Waals surface area contributed by atoms with Gasteiger partial charge < -0.3 is 9.64 Å². The SMILES string of the molecule is O=C(c1cccc(Br)n1)N1CCOc2ccccc2C1. The standard InChI is InChI=1S/C15H13BrN2O2/c16-14-7-3-5-12(17-14)15(19)18-8-9-20-13-6-2-1-4-11(13)10-18/h1-7H,8-10H2. The number of hydrogen-bond acceptors (Lipinski definition) is 3. The van der Waals surface area contributed by atoms with Gasteiger partial charge in [0.25, 0.3) is 5.91 Å². The highest BCUT2D eigenvalue weighted by Gasteiger charge is 2.21. The van der Waals surface area contributed by atoms with E-state index in [1.165, 1.54) is 0 Å². The quantitative estimate of drug-likeness (QED) is 0.754. The van der Waals surface area contributed by atoms with E-state index in [9.17, 15) is 4.79 Å².